The van der Waals surface area contributed by atoms with Gasteiger partial charge in [0, 0.05) is 11.3 Å². The summed E-state index contributed by atoms with van der Waals surface area (Å²) < 4.78 is 10.5. The van der Waals surface area contributed by atoms with E-state index < -0.39 is 0 Å². The van der Waals surface area contributed by atoms with E-state index in [1.807, 2.05) is 24.3 Å². The summed E-state index contributed by atoms with van der Waals surface area (Å²) in [5.74, 6) is 7.08. The van der Waals surface area contributed by atoms with Gasteiger partial charge in [0.2, 0.25) is 0 Å². The molecule has 1 aromatic heterocycles. The molecular formula is C13H12N2O2S2. The minimum absolute atomic E-state index is 0.124. The zero-order chi connectivity index (χ0) is 13.3. The van der Waals surface area contributed by atoms with Crippen molar-refractivity contribution in [1.29, 1.82) is 0 Å². The number of hydrogen-bond acceptors (Lipinski definition) is 6. The van der Waals surface area contributed by atoms with Gasteiger partial charge in [0.1, 0.15) is 18.7 Å². The van der Waals surface area contributed by atoms with Gasteiger partial charge in [0.05, 0.1) is 6.61 Å². The third-order valence-electron chi connectivity index (χ3n) is 2.08. The molecule has 0 fully saturated rings. The highest BCUT2D eigenvalue weighted by molar-refractivity contribution is 8.00. The van der Waals surface area contributed by atoms with Crippen LogP contribution in [-0.4, -0.2) is 33.4 Å². The second-order valence-corrected chi connectivity index (χ2v) is 5.51. The van der Waals surface area contributed by atoms with Crippen LogP contribution in [0.1, 0.15) is 5.56 Å². The molecule has 0 saturated carbocycles. The topological polar surface area (TPSA) is 55.2 Å². The van der Waals surface area contributed by atoms with Crippen molar-refractivity contribution in [2.75, 3.05) is 19.0 Å². The third kappa shape index (κ3) is 4.91. The fourth-order valence-electron chi connectivity index (χ4n) is 1.29. The first-order valence-corrected chi connectivity index (χ1v) is 7.36. The lowest BCUT2D eigenvalue weighted by Crippen LogP contribution is -1.99. The molecule has 0 aliphatic heterocycles. The Balaban J connectivity index is 1.74. The predicted molar refractivity (Wildman–Crippen MR) is 76.5 cm³/mol. The van der Waals surface area contributed by atoms with Crippen LogP contribution in [0.5, 0.6) is 5.75 Å². The Labute approximate surface area is 120 Å². The van der Waals surface area contributed by atoms with E-state index in [1.54, 1.807) is 18.1 Å². The second-order valence-electron chi connectivity index (χ2n) is 3.39. The molecule has 2 aromatic rings. The van der Waals surface area contributed by atoms with Crippen LogP contribution in [0.3, 0.4) is 0 Å². The number of aromatic nitrogens is 2. The zero-order valence-electron chi connectivity index (χ0n) is 10.1. The van der Waals surface area contributed by atoms with Crippen LogP contribution in [0.15, 0.2) is 34.9 Å². The van der Waals surface area contributed by atoms with E-state index in [9.17, 15) is 0 Å². The molecule has 19 heavy (non-hydrogen) atoms. The Morgan fingerprint density at radius 2 is 2.16 bits per heavy atom. The number of thioether (sulfide) groups is 1. The maximum atomic E-state index is 8.59. The molecule has 6 heteroatoms. The average Bonchev–Trinajstić information content (AvgIpc) is 2.96. The molecule has 1 aromatic carbocycles. The summed E-state index contributed by atoms with van der Waals surface area (Å²) in [7, 11) is 0. The molecule has 1 N–H and O–H groups in total. The number of ether oxygens (including phenoxy) is 1. The highest BCUT2D eigenvalue weighted by Gasteiger charge is 1.98. The summed E-state index contributed by atoms with van der Waals surface area (Å²) in [5.41, 5.74) is 0.865. The SMILES string of the molecule is OCC#Cc1ccc(OCCSc2ncns2)cc1. The van der Waals surface area contributed by atoms with Crippen LogP contribution in [0, 0.1) is 11.8 Å². The standard InChI is InChI=1S/C13H12N2O2S2/c16-7-1-2-11-3-5-12(6-4-11)17-8-9-18-13-14-10-15-19-13/h3-6,10,16H,7-9H2. The molecule has 0 aliphatic carbocycles. The van der Waals surface area contributed by atoms with Gasteiger partial charge >= 0.3 is 0 Å². The van der Waals surface area contributed by atoms with E-state index in [1.165, 1.54) is 11.5 Å². The smallest absolute Gasteiger partial charge is 0.169 e. The van der Waals surface area contributed by atoms with Gasteiger partial charge in [-0.25, -0.2) is 4.98 Å². The van der Waals surface area contributed by atoms with Crippen molar-refractivity contribution in [3.8, 4) is 17.6 Å². The van der Waals surface area contributed by atoms with Gasteiger partial charge in [0.25, 0.3) is 0 Å². The second kappa shape index (κ2) is 7.79. The van der Waals surface area contributed by atoms with Gasteiger partial charge in [-0.05, 0) is 35.8 Å². The summed E-state index contributed by atoms with van der Waals surface area (Å²) in [5, 5.41) is 8.59. The average molecular weight is 292 g/mol. The van der Waals surface area contributed by atoms with Gasteiger partial charge < -0.3 is 9.84 Å². The van der Waals surface area contributed by atoms with Crippen molar-refractivity contribution in [3.05, 3.63) is 36.2 Å². The van der Waals surface area contributed by atoms with Crippen LogP contribution in [-0.2, 0) is 0 Å². The number of aliphatic hydroxyl groups is 1. The van der Waals surface area contributed by atoms with E-state index in [0.717, 1.165) is 21.4 Å². The highest BCUT2D eigenvalue weighted by Crippen LogP contribution is 2.18. The summed E-state index contributed by atoms with van der Waals surface area (Å²) in [6.45, 7) is 0.493. The van der Waals surface area contributed by atoms with E-state index in [0.29, 0.717) is 6.61 Å². The predicted octanol–water partition coefficient (Wildman–Crippen LogP) is 2.05. The minimum Gasteiger partial charge on any atom is -0.493 e. The normalized spacial score (nSPS) is 9.74. The van der Waals surface area contributed by atoms with Crippen LogP contribution < -0.4 is 4.74 Å². The maximum Gasteiger partial charge on any atom is 0.169 e. The largest absolute Gasteiger partial charge is 0.493 e. The monoisotopic (exact) mass is 292 g/mol. The zero-order valence-corrected chi connectivity index (χ0v) is 11.7. The molecule has 0 unspecified atom stereocenters. The number of rotatable bonds is 5. The van der Waals surface area contributed by atoms with Crippen molar-refractivity contribution >= 4 is 23.3 Å². The lowest BCUT2D eigenvalue weighted by atomic mass is 10.2. The first-order chi connectivity index (χ1) is 9.38. The minimum atomic E-state index is -0.124. The molecule has 4 nitrogen and oxygen atoms in total. The molecule has 0 radical (unpaired) electrons. The van der Waals surface area contributed by atoms with E-state index in [-0.39, 0.29) is 6.61 Å². The molecule has 0 amide bonds. The van der Waals surface area contributed by atoms with Crippen LogP contribution >= 0.6 is 23.3 Å². The third-order valence-corrected chi connectivity index (χ3v) is 3.85. The van der Waals surface area contributed by atoms with E-state index >= 15 is 0 Å². The lowest BCUT2D eigenvalue weighted by Gasteiger charge is -2.04. The summed E-state index contributed by atoms with van der Waals surface area (Å²) in [4.78, 5) is 4.08. The van der Waals surface area contributed by atoms with Gasteiger partial charge in [-0.15, -0.1) is 0 Å². The Hall–Kier alpha value is -1.55. The molecule has 1 heterocycles. The van der Waals surface area contributed by atoms with Gasteiger partial charge in [-0.3, -0.25) is 0 Å². The Bertz CT molecular complexity index is 544. The molecule has 0 atom stereocenters. The van der Waals surface area contributed by atoms with Crippen molar-refractivity contribution in [1.82, 2.24) is 9.36 Å². The first-order valence-electron chi connectivity index (χ1n) is 5.60. The fourth-order valence-corrected chi connectivity index (χ4v) is 2.62. The lowest BCUT2D eigenvalue weighted by molar-refractivity contribution is 0.344. The quantitative estimate of drug-likeness (QED) is 0.519. The maximum absolute atomic E-state index is 8.59. The van der Waals surface area contributed by atoms with Gasteiger partial charge in [-0.1, -0.05) is 23.6 Å². The van der Waals surface area contributed by atoms with Crippen molar-refractivity contribution in [2.45, 2.75) is 4.34 Å². The Kier molecular flexibility index (Phi) is 5.69. The molecule has 0 saturated heterocycles. The summed E-state index contributed by atoms with van der Waals surface area (Å²) in [6.07, 6.45) is 1.56. The number of nitrogens with zero attached hydrogens (tertiary/aromatic N) is 2. The van der Waals surface area contributed by atoms with E-state index in [4.69, 9.17) is 9.84 Å². The molecule has 0 spiro atoms. The van der Waals surface area contributed by atoms with Crippen molar-refractivity contribution in [2.24, 2.45) is 0 Å². The fraction of sp³-hybridized carbons (Fsp3) is 0.231. The molecule has 0 bridgehead atoms. The molecular weight excluding hydrogens is 280 g/mol. The van der Waals surface area contributed by atoms with Crippen molar-refractivity contribution < 1.29 is 9.84 Å². The number of aliphatic hydroxyl groups excluding tert-OH is 1. The first kappa shape index (κ1) is 13.9. The van der Waals surface area contributed by atoms with Gasteiger partial charge in [-0.2, -0.15) is 4.37 Å². The highest BCUT2D eigenvalue weighted by atomic mass is 32.2. The van der Waals surface area contributed by atoms with Crippen LogP contribution in [0.25, 0.3) is 0 Å². The van der Waals surface area contributed by atoms with Gasteiger partial charge in [0.15, 0.2) is 4.34 Å². The van der Waals surface area contributed by atoms with Crippen molar-refractivity contribution in [3.63, 3.8) is 0 Å². The van der Waals surface area contributed by atoms with Crippen LogP contribution in [0.2, 0.25) is 0 Å². The molecule has 98 valence electrons. The van der Waals surface area contributed by atoms with E-state index in [2.05, 4.69) is 21.2 Å². The summed E-state index contributed by atoms with van der Waals surface area (Å²) in [6, 6.07) is 7.49. The Morgan fingerprint density at radius 1 is 1.32 bits per heavy atom. The molecule has 2 rings (SSSR count). The van der Waals surface area contributed by atoms with Crippen LogP contribution in [0.4, 0.5) is 0 Å². The number of hydrogen-bond donors (Lipinski definition) is 1. The number of benzene rings is 1. The molecule has 0 aliphatic rings. The summed E-state index contributed by atoms with van der Waals surface area (Å²) >= 11 is 3.02. The Morgan fingerprint density at radius 3 is 2.84 bits per heavy atom.